The molecular formula is C15H23FN4O5S. The van der Waals surface area contributed by atoms with Gasteiger partial charge < -0.3 is 10.1 Å². The predicted octanol–water partition coefficient (Wildman–Crippen LogP) is 1.10. The molecule has 0 radical (unpaired) electrons. The average molecular weight is 390 g/mol. The van der Waals surface area contributed by atoms with Gasteiger partial charge in [-0.05, 0) is 25.0 Å². The lowest BCUT2D eigenvalue weighted by Crippen LogP contribution is -2.43. The van der Waals surface area contributed by atoms with E-state index < -0.39 is 14.9 Å². The van der Waals surface area contributed by atoms with Crippen molar-refractivity contribution in [3.05, 3.63) is 28.3 Å². The number of primary sulfonamides is 1. The second-order valence-electron chi connectivity index (χ2n) is 6.03. The zero-order valence-corrected chi connectivity index (χ0v) is 15.1. The van der Waals surface area contributed by atoms with Crippen molar-refractivity contribution in [2.75, 3.05) is 44.8 Å². The molecule has 1 aliphatic heterocycles. The second-order valence-corrected chi connectivity index (χ2v) is 7.59. The van der Waals surface area contributed by atoms with Gasteiger partial charge in [-0.3, -0.25) is 15.0 Å². The molecule has 26 heavy (non-hydrogen) atoms. The quantitative estimate of drug-likeness (QED) is 0.367. The van der Waals surface area contributed by atoms with Crippen LogP contribution in [0.2, 0.25) is 0 Å². The SMILES string of the molecule is NS(=O)(=O)c1ccc(NCCCC2CN(CCF)CCO2)c([N+](=O)[O-])c1. The molecule has 1 saturated heterocycles. The third kappa shape index (κ3) is 5.87. The predicted molar refractivity (Wildman–Crippen MR) is 94.3 cm³/mol. The Morgan fingerprint density at radius 2 is 2.23 bits per heavy atom. The monoisotopic (exact) mass is 390 g/mol. The van der Waals surface area contributed by atoms with Crippen LogP contribution in [0.5, 0.6) is 0 Å². The van der Waals surface area contributed by atoms with Crippen LogP contribution in [-0.2, 0) is 14.8 Å². The minimum Gasteiger partial charge on any atom is -0.379 e. The van der Waals surface area contributed by atoms with Gasteiger partial charge in [0, 0.05) is 32.2 Å². The minimum absolute atomic E-state index is 0.0110. The van der Waals surface area contributed by atoms with Gasteiger partial charge in [0.2, 0.25) is 10.0 Å². The number of rotatable bonds is 9. The molecule has 1 unspecified atom stereocenters. The van der Waals surface area contributed by atoms with Gasteiger partial charge in [-0.2, -0.15) is 0 Å². The Hall–Kier alpha value is -1.82. The van der Waals surface area contributed by atoms with Crippen molar-refractivity contribution in [3.8, 4) is 0 Å². The number of ether oxygens (including phenoxy) is 1. The number of nitrogens with zero attached hydrogens (tertiary/aromatic N) is 2. The van der Waals surface area contributed by atoms with E-state index in [2.05, 4.69) is 5.32 Å². The van der Waals surface area contributed by atoms with Gasteiger partial charge in [0.1, 0.15) is 12.4 Å². The summed E-state index contributed by atoms with van der Waals surface area (Å²) in [5.74, 6) is 0. The molecule has 0 spiro atoms. The molecular weight excluding hydrogens is 367 g/mol. The number of halogens is 1. The van der Waals surface area contributed by atoms with E-state index in [-0.39, 0.29) is 29.0 Å². The van der Waals surface area contributed by atoms with Crippen molar-refractivity contribution in [3.63, 3.8) is 0 Å². The molecule has 0 bridgehead atoms. The summed E-state index contributed by atoms with van der Waals surface area (Å²) >= 11 is 0. The van der Waals surface area contributed by atoms with E-state index in [1.54, 1.807) is 0 Å². The first-order valence-electron chi connectivity index (χ1n) is 8.26. The first kappa shape index (κ1) is 20.5. The van der Waals surface area contributed by atoms with Crippen molar-refractivity contribution in [1.29, 1.82) is 0 Å². The van der Waals surface area contributed by atoms with Crippen LogP contribution in [0.15, 0.2) is 23.1 Å². The Morgan fingerprint density at radius 1 is 1.46 bits per heavy atom. The van der Waals surface area contributed by atoms with Gasteiger partial charge in [-0.15, -0.1) is 0 Å². The number of nitrogens with one attached hydrogen (secondary N) is 1. The summed E-state index contributed by atoms with van der Waals surface area (Å²) in [5.41, 5.74) is -0.120. The standard InChI is InChI=1S/C15H23FN4O5S/c16-5-7-19-8-9-25-12(11-19)2-1-6-18-14-4-3-13(26(17,23)24)10-15(14)20(21)22/h3-4,10,12,18H,1-2,5-9,11H2,(H2,17,23,24). The molecule has 0 aliphatic carbocycles. The summed E-state index contributed by atoms with van der Waals surface area (Å²) in [7, 11) is -4.01. The first-order valence-corrected chi connectivity index (χ1v) is 9.81. The Balaban J connectivity index is 1.88. The lowest BCUT2D eigenvalue weighted by atomic mass is 10.1. The second kappa shape index (κ2) is 9.21. The normalized spacial score (nSPS) is 18.6. The number of morpholine rings is 1. The maximum Gasteiger partial charge on any atom is 0.293 e. The van der Waals surface area contributed by atoms with Gasteiger partial charge >= 0.3 is 0 Å². The molecule has 1 aliphatic rings. The third-order valence-electron chi connectivity index (χ3n) is 4.14. The Kier molecular flexibility index (Phi) is 7.26. The van der Waals surface area contributed by atoms with Crippen molar-refractivity contribution < 1.29 is 22.5 Å². The summed E-state index contributed by atoms with van der Waals surface area (Å²) in [6.07, 6.45) is 1.44. The first-order chi connectivity index (χ1) is 12.3. The fourth-order valence-electron chi connectivity index (χ4n) is 2.82. The minimum atomic E-state index is -4.01. The van der Waals surface area contributed by atoms with Gasteiger partial charge in [0.25, 0.3) is 5.69 Å². The maximum absolute atomic E-state index is 12.4. The molecule has 146 valence electrons. The molecule has 3 N–H and O–H groups in total. The van der Waals surface area contributed by atoms with Crippen LogP contribution in [0.3, 0.4) is 0 Å². The van der Waals surface area contributed by atoms with Gasteiger partial charge in [0.05, 0.1) is 22.5 Å². The number of nitro benzene ring substituents is 1. The zero-order valence-electron chi connectivity index (χ0n) is 14.3. The largest absolute Gasteiger partial charge is 0.379 e. The zero-order chi connectivity index (χ0) is 19.2. The molecule has 1 heterocycles. The van der Waals surface area contributed by atoms with E-state index in [9.17, 15) is 22.9 Å². The Morgan fingerprint density at radius 3 is 2.88 bits per heavy atom. The summed E-state index contributed by atoms with van der Waals surface area (Å²) < 4.78 is 40.7. The fraction of sp³-hybridized carbons (Fsp3) is 0.600. The highest BCUT2D eigenvalue weighted by molar-refractivity contribution is 7.89. The topological polar surface area (TPSA) is 128 Å². The van der Waals surface area contributed by atoms with Crippen molar-refractivity contribution in [1.82, 2.24) is 4.90 Å². The van der Waals surface area contributed by atoms with E-state index in [0.717, 1.165) is 19.0 Å². The van der Waals surface area contributed by atoms with Crippen LogP contribution in [-0.4, -0.2) is 63.8 Å². The summed E-state index contributed by atoms with van der Waals surface area (Å²) in [5, 5.41) is 19.1. The van der Waals surface area contributed by atoms with Gasteiger partial charge in [-0.25, -0.2) is 17.9 Å². The molecule has 1 aromatic carbocycles. The van der Waals surface area contributed by atoms with Crippen LogP contribution in [0, 0.1) is 10.1 Å². The average Bonchev–Trinajstić information content (AvgIpc) is 2.58. The highest BCUT2D eigenvalue weighted by Gasteiger charge is 2.21. The van der Waals surface area contributed by atoms with E-state index in [0.29, 0.717) is 32.7 Å². The molecule has 2 rings (SSSR count). The lowest BCUT2D eigenvalue weighted by molar-refractivity contribution is -0.384. The number of anilines is 1. The highest BCUT2D eigenvalue weighted by atomic mass is 32.2. The number of hydrogen-bond donors (Lipinski definition) is 2. The van der Waals surface area contributed by atoms with Crippen LogP contribution in [0.4, 0.5) is 15.8 Å². The number of hydrogen-bond acceptors (Lipinski definition) is 7. The number of alkyl halides is 1. The van der Waals surface area contributed by atoms with Crippen LogP contribution in [0.1, 0.15) is 12.8 Å². The van der Waals surface area contributed by atoms with Crippen molar-refractivity contribution >= 4 is 21.4 Å². The summed E-state index contributed by atoms with van der Waals surface area (Å²) in [6, 6.07) is 3.50. The number of nitrogens with two attached hydrogens (primary N) is 1. The van der Waals surface area contributed by atoms with Gasteiger partial charge in [0.15, 0.2) is 0 Å². The van der Waals surface area contributed by atoms with Crippen LogP contribution in [0.25, 0.3) is 0 Å². The van der Waals surface area contributed by atoms with E-state index in [4.69, 9.17) is 9.88 Å². The molecule has 1 atom stereocenters. The highest BCUT2D eigenvalue weighted by Crippen LogP contribution is 2.27. The smallest absolute Gasteiger partial charge is 0.293 e. The number of nitro groups is 1. The molecule has 9 nitrogen and oxygen atoms in total. The molecule has 0 saturated carbocycles. The Bertz CT molecular complexity index is 729. The lowest BCUT2D eigenvalue weighted by Gasteiger charge is -2.32. The van der Waals surface area contributed by atoms with Crippen molar-refractivity contribution in [2.24, 2.45) is 5.14 Å². The van der Waals surface area contributed by atoms with E-state index >= 15 is 0 Å². The Labute approximate surface area is 151 Å². The van der Waals surface area contributed by atoms with Crippen molar-refractivity contribution in [2.45, 2.75) is 23.8 Å². The fourth-order valence-corrected chi connectivity index (χ4v) is 3.35. The number of sulfonamides is 1. The van der Waals surface area contributed by atoms with Gasteiger partial charge in [-0.1, -0.05) is 0 Å². The van der Waals surface area contributed by atoms with E-state index in [1.807, 2.05) is 4.90 Å². The van der Waals surface area contributed by atoms with Crippen LogP contribution < -0.4 is 10.5 Å². The maximum atomic E-state index is 12.4. The third-order valence-corrected chi connectivity index (χ3v) is 5.05. The molecule has 0 aromatic heterocycles. The molecule has 11 heteroatoms. The molecule has 1 fully saturated rings. The molecule has 0 amide bonds. The summed E-state index contributed by atoms with van der Waals surface area (Å²) in [6.45, 7) is 2.44. The van der Waals surface area contributed by atoms with E-state index in [1.165, 1.54) is 12.1 Å². The van der Waals surface area contributed by atoms with Crippen LogP contribution >= 0.6 is 0 Å². The number of benzene rings is 1. The summed E-state index contributed by atoms with van der Waals surface area (Å²) in [4.78, 5) is 12.2. The molecule has 1 aromatic rings.